The Morgan fingerprint density at radius 1 is 1.33 bits per heavy atom. The summed E-state index contributed by atoms with van der Waals surface area (Å²) in [4.78, 5) is 23.0. The van der Waals surface area contributed by atoms with Gasteiger partial charge in [0, 0.05) is 18.7 Å². The lowest BCUT2D eigenvalue weighted by Crippen LogP contribution is -2.38. The number of nitrogens with zero attached hydrogens (tertiary/aromatic N) is 3. The molecule has 2 fully saturated rings. The second-order valence-electron chi connectivity index (χ2n) is 5.35. The molecule has 4 heteroatoms. The Kier molecular flexibility index (Phi) is 3.02. The molecular formula is C14H19N3O. The smallest absolute Gasteiger partial charge is 0.226 e. The molecule has 0 spiro atoms. The number of amides is 1. The van der Waals surface area contributed by atoms with Crippen LogP contribution in [-0.4, -0.2) is 27.3 Å². The number of carbonyl (C=O) groups excluding carboxylic acids is 1. The van der Waals surface area contributed by atoms with Gasteiger partial charge in [-0.1, -0.05) is 6.42 Å². The standard InChI is InChI=1S/C14H19N3O/c1-10-15-8-7-12(16-10)13-6-3-9-17(13)14(18)11-4-2-5-11/h7-8,11,13H,2-6,9H2,1H3. The van der Waals surface area contributed by atoms with Crippen LogP contribution in [0.2, 0.25) is 0 Å². The first-order valence-corrected chi connectivity index (χ1v) is 6.86. The summed E-state index contributed by atoms with van der Waals surface area (Å²) in [6.07, 6.45) is 7.28. The molecule has 0 radical (unpaired) electrons. The van der Waals surface area contributed by atoms with Crippen LogP contribution in [0.1, 0.15) is 49.7 Å². The van der Waals surface area contributed by atoms with Gasteiger partial charge in [-0.25, -0.2) is 9.97 Å². The first kappa shape index (κ1) is 11.6. The second kappa shape index (κ2) is 4.67. The predicted molar refractivity (Wildman–Crippen MR) is 67.8 cm³/mol. The molecule has 1 aliphatic carbocycles. The minimum atomic E-state index is 0.180. The highest BCUT2D eigenvalue weighted by molar-refractivity contribution is 5.80. The van der Waals surface area contributed by atoms with Gasteiger partial charge in [0.05, 0.1) is 11.7 Å². The zero-order valence-corrected chi connectivity index (χ0v) is 10.8. The zero-order chi connectivity index (χ0) is 12.5. The van der Waals surface area contributed by atoms with Crippen LogP contribution in [0.15, 0.2) is 12.3 Å². The van der Waals surface area contributed by atoms with Crippen molar-refractivity contribution >= 4 is 5.91 Å². The van der Waals surface area contributed by atoms with Gasteiger partial charge >= 0.3 is 0 Å². The molecule has 1 saturated carbocycles. The van der Waals surface area contributed by atoms with Crippen LogP contribution in [0.5, 0.6) is 0 Å². The highest BCUT2D eigenvalue weighted by atomic mass is 16.2. The number of aryl methyl sites for hydroxylation is 1. The third-order valence-electron chi connectivity index (χ3n) is 4.13. The van der Waals surface area contributed by atoms with Gasteiger partial charge in [0.25, 0.3) is 0 Å². The van der Waals surface area contributed by atoms with Gasteiger partial charge in [0.15, 0.2) is 0 Å². The van der Waals surface area contributed by atoms with E-state index in [1.165, 1.54) is 6.42 Å². The fourth-order valence-corrected chi connectivity index (χ4v) is 2.89. The van der Waals surface area contributed by atoms with Gasteiger partial charge in [-0.3, -0.25) is 4.79 Å². The molecular weight excluding hydrogens is 226 g/mol. The molecule has 0 N–H and O–H groups in total. The van der Waals surface area contributed by atoms with E-state index in [0.717, 1.165) is 43.7 Å². The van der Waals surface area contributed by atoms with Crippen LogP contribution in [0, 0.1) is 12.8 Å². The topological polar surface area (TPSA) is 46.1 Å². The minimum absolute atomic E-state index is 0.180. The maximum Gasteiger partial charge on any atom is 0.226 e. The molecule has 0 bridgehead atoms. The van der Waals surface area contributed by atoms with Crippen molar-refractivity contribution in [3.05, 3.63) is 23.8 Å². The third kappa shape index (κ3) is 2.00. The Bertz CT molecular complexity index is 456. The SMILES string of the molecule is Cc1nccc(C2CCCN2C(=O)C2CCC2)n1. The zero-order valence-electron chi connectivity index (χ0n) is 10.8. The molecule has 0 aromatic carbocycles. The molecule has 3 rings (SSSR count). The summed E-state index contributed by atoms with van der Waals surface area (Å²) in [5.74, 6) is 1.42. The molecule has 4 nitrogen and oxygen atoms in total. The Morgan fingerprint density at radius 3 is 2.83 bits per heavy atom. The molecule has 1 atom stereocenters. The minimum Gasteiger partial charge on any atom is -0.334 e. The van der Waals surface area contributed by atoms with E-state index in [-0.39, 0.29) is 12.0 Å². The van der Waals surface area contributed by atoms with Gasteiger partial charge in [-0.05, 0) is 38.7 Å². The van der Waals surface area contributed by atoms with E-state index in [2.05, 4.69) is 9.97 Å². The largest absolute Gasteiger partial charge is 0.334 e. The van der Waals surface area contributed by atoms with E-state index in [9.17, 15) is 4.79 Å². The van der Waals surface area contributed by atoms with Gasteiger partial charge < -0.3 is 4.90 Å². The molecule has 1 aromatic rings. The number of carbonyl (C=O) groups is 1. The average molecular weight is 245 g/mol. The Hall–Kier alpha value is -1.45. The molecule has 1 aromatic heterocycles. The van der Waals surface area contributed by atoms with E-state index < -0.39 is 0 Å². The summed E-state index contributed by atoms with van der Waals surface area (Å²) in [7, 11) is 0. The van der Waals surface area contributed by atoms with Crippen LogP contribution in [0.25, 0.3) is 0 Å². The summed E-state index contributed by atoms with van der Waals surface area (Å²) in [6, 6.07) is 2.13. The maximum atomic E-state index is 12.4. The Morgan fingerprint density at radius 2 is 2.17 bits per heavy atom. The normalized spacial score (nSPS) is 24.1. The third-order valence-corrected chi connectivity index (χ3v) is 4.13. The molecule has 1 saturated heterocycles. The average Bonchev–Trinajstić information content (AvgIpc) is 2.75. The van der Waals surface area contributed by atoms with Crippen molar-refractivity contribution in [2.75, 3.05) is 6.54 Å². The number of aromatic nitrogens is 2. The van der Waals surface area contributed by atoms with Crippen LogP contribution in [-0.2, 0) is 4.79 Å². The van der Waals surface area contributed by atoms with Crippen LogP contribution >= 0.6 is 0 Å². The molecule has 1 unspecified atom stereocenters. The lowest BCUT2D eigenvalue weighted by Gasteiger charge is -2.32. The predicted octanol–water partition coefficient (Wildman–Crippen LogP) is 2.25. The highest BCUT2D eigenvalue weighted by Gasteiger charge is 2.36. The van der Waals surface area contributed by atoms with E-state index in [0.29, 0.717) is 5.91 Å². The van der Waals surface area contributed by atoms with Crippen molar-refractivity contribution in [2.24, 2.45) is 5.92 Å². The van der Waals surface area contributed by atoms with Gasteiger partial charge in [-0.2, -0.15) is 0 Å². The fourth-order valence-electron chi connectivity index (χ4n) is 2.89. The summed E-state index contributed by atoms with van der Waals surface area (Å²) < 4.78 is 0. The summed E-state index contributed by atoms with van der Waals surface area (Å²) in [6.45, 7) is 2.79. The van der Waals surface area contributed by atoms with Crippen molar-refractivity contribution in [3.8, 4) is 0 Å². The molecule has 1 aliphatic heterocycles. The molecule has 2 aliphatic rings. The second-order valence-corrected chi connectivity index (χ2v) is 5.35. The summed E-state index contributed by atoms with van der Waals surface area (Å²) in [5.41, 5.74) is 1.01. The maximum absolute atomic E-state index is 12.4. The van der Waals surface area contributed by atoms with E-state index in [1.54, 1.807) is 6.20 Å². The number of rotatable bonds is 2. The first-order chi connectivity index (χ1) is 8.75. The molecule has 1 amide bonds. The van der Waals surface area contributed by atoms with Crippen LogP contribution in [0.4, 0.5) is 0 Å². The number of hydrogen-bond donors (Lipinski definition) is 0. The van der Waals surface area contributed by atoms with Gasteiger partial charge in [-0.15, -0.1) is 0 Å². The highest BCUT2D eigenvalue weighted by Crippen LogP contribution is 2.36. The van der Waals surface area contributed by atoms with Gasteiger partial charge in [0.2, 0.25) is 5.91 Å². The fraction of sp³-hybridized carbons (Fsp3) is 0.643. The van der Waals surface area contributed by atoms with Crippen molar-refractivity contribution < 1.29 is 4.79 Å². The van der Waals surface area contributed by atoms with Crippen LogP contribution < -0.4 is 0 Å². The molecule has 2 heterocycles. The monoisotopic (exact) mass is 245 g/mol. The molecule has 96 valence electrons. The van der Waals surface area contributed by atoms with Crippen molar-refractivity contribution in [3.63, 3.8) is 0 Å². The Labute approximate surface area is 107 Å². The van der Waals surface area contributed by atoms with E-state index in [1.807, 2.05) is 17.9 Å². The van der Waals surface area contributed by atoms with E-state index in [4.69, 9.17) is 0 Å². The van der Waals surface area contributed by atoms with E-state index >= 15 is 0 Å². The van der Waals surface area contributed by atoms with Crippen molar-refractivity contribution in [2.45, 2.75) is 45.1 Å². The number of hydrogen-bond acceptors (Lipinski definition) is 3. The molecule has 18 heavy (non-hydrogen) atoms. The quantitative estimate of drug-likeness (QED) is 0.802. The van der Waals surface area contributed by atoms with Gasteiger partial charge in [0.1, 0.15) is 5.82 Å². The summed E-state index contributed by atoms with van der Waals surface area (Å²) >= 11 is 0. The summed E-state index contributed by atoms with van der Waals surface area (Å²) in [5, 5.41) is 0. The van der Waals surface area contributed by atoms with Crippen molar-refractivity contribution in [1.29, 1.82) is 0 Å². The lowest BCUT2D eigenvalue weighted by molar-refractivity contribution is -0.139. The first-order valence-electron chi connectivity index (χ1n) is 6.86. The van der Waals surface area contributed by atoms with Crippen LogP contribution in [0.3, 0.4) is 0 Å². The lowest BCUT2D eigenvalue weighted by atomic mass is 9.84. The van der Waals surface area contributed by atoms with Crippen molar-refractivity contribution in [1.82, 2.24) is 14.9 Å². The Balaban J connectivity index is 1.80. The number of likely N-dealkylation sites (tertiary alicyclic amines) is 1.